The summed E-state index contributed by atoms with van der Waals surface area (Å²) in [5.74, 6) is -0.726. The van der Waals surface area contributed by atoms with Crippen molar-refractivity contribution in [2.75, 3.05) is 4.90 Å². The maximum Gasteiger partial charge on any atom is 0.339 e. The lowest BCUT2D eigenvalue weighted by Crippen LogP contribution is -2.30. The minimum atomic E-state index is -1.06. The Labute approximate surface area is 304 Å². The third kappa shape index (κ3) is 6.95. The molecule has 1 aliphatic carbocycles. The molecular formula is C42H37BrN2O6. The van der Waals surface area contributed by atoms with Gasteiger partial charge in [-0.1, -0.05) is 65.3 Å². The maximum atomic E-state index is 13.8. The molecule has 2 amide bonds. The van der Waals surface area contributed by atoms with Crippen LogP contribution in [0.1, 0.15) is 65.0 Å². The summed E-state index contributed by atoms with van der Waals surface area (Å²) in [6, 6.07) is 29.1. The van der Waals surface area contributed by atoms with Crippen molar-refractivity contribution < 1.29 is 28.7 Å². The number of carbonyl (C=O) groups is 4. The molecule has 51 heavy (non-hydrogen) atoms. The second-order valence-corrected chi connectivity index (χ2v) is 14.5. The van der Waals surface area contributed by atoms with Crippen molar-refractivity contribution in [3.05, 3.63) is 124 Å². The second-order valence-electron chi connectivity index (χ2n) is 13.6. The van der Waals surface area contributed by atoms with Crippen LogP contribution in [-0.4, -0.2) is 34.7 Å². The molecule has 8 nitrogen and oxygen atoms in total. The summed E-state index contributed by atoms with van der Waals surface area (Å²) in [5, 5.41) is 0.580. The molecule has 7 rings (SSSR count). The standard InChI is InChI=1S/C42H37BrN2O6/c1-24-9-18-33-35(19-24)41(48)45(40(33)47)31-14-10-28(11-15-31)37-22-36(34-21-30(43)20-25(2)38(34)44-37)42(49)51-26(3)39(46)29-12-16-32(17-13-29)50-23-27-7-5-4-6-8-27/h4-8,10-17,20-22,24,26,33,35H,9,18-19,23H2,1-3H3. The Bertz CT molecular complexity index is 2150. The molecule has 9 heteroatoms. The maximum absolute atomic E-state index is 13.8. The minimum Gasteiger partial charge on any atom is -0.489 e. The van der Waals surface area contributed by atoms with Gasteiger partial charge in [0.25, 0.3) is 0 Å². The van der Waals surface area contributed by atoms with E-state index in [1.807, 2.05) is 49.4 Å². The average molecular weight is 746 g/mol. The number of hydrogen-bond acceptors (Lipinski definition) is 7. The minimum absolute atomic E-state index is 0.129. The highest BCUT2D eigenvalue weighted by Crippen LogP contribution is 2.42. The molecule has 2 fully saturated rings. The van der Waals surface area contributed by atoms with E-state index >= 15 is 0 Å². The van der Waals surface area contributed by atoms with Gasteiger partial charge in [-0.3, -0.25) is 19.3 Å². The van der Waals surface area contributed by atoms with E-state index in [9.17, 15) is 19.2 Å². The molecule has 1 aromatic heterocycles. The quantitative estimate of drug-likeness (QED) is 0.0844. The topological polar surface area (TPSA) is 103 Å². The number of carbonyl (C=O) groups excluding carboxylic acids is 4. The number of aromatic nitrogens is 1. The number of aryl methyl sites for hydroxylation is 1. The zero-order chi connectivity index (χ0) is 35.8. The van der Waals surface area contributed by atoms with Crippen molar-refractivity contribution in [2.45, 2.75) is 52.7 Å². The molecule has 2 heterocycles. The second kappa shape index (κ2) is 14.2. The van der Waals surface area contributed by atoms with E-state index in [-0.39, 0.29) is 35.0 Å². The predicted octanol–water partition coefficient (Wildman–Crippen LogP) is 8.91. The highest BCUT2D eigenvalue weighted by molar-refractivity contribution is 9.10. The van der Waals surface area contributed by atoms with Crippen molar-refractivity contribution in [3.63, 3.8) is 0 Å². The zero-order valence-corrected chi connectivity index (χ0v) is 30.2. The molecule has 4 aromatic carbocycles. The largest absolute Gasteiger partial charge is 0.489 e. The third-order valence-corrected chi connectivity index (χ3v) is 10.4. The monoisotopic (exact) mass is 744 g/mol. The number of rotatable bonds is 9. The van der Waals surface area contributed by atoms with Crippen LogP contribution in [0.2, 0.25) is 0 Å². The molecule has 1 aliphatic heterocycles. The Kier molecular flexibility index (Phi) is 9.57. The van der Waals surface area contributed by atoms with Crippen LogP contribution in [0.5, 0.6) is 5.75 Å². The molecule has 4 unspecified atom stereocenters. The number of pyridine rings is 1. The first-order valence-electron chi connectivity index (χ1n) is 17.2. The smallest absolute Gasteiger partial charge is 0.339 e. The number of fused-ring (bicyclic) bond motifs is 2. The molecular weight excluding hydrogens is 708 g/mol. The van der Waals surface area contributed by atoms with E-state index in [2.05, 4.69) is 22.9 Å². The Morgan fingerprint density at radius 3 is 2.33 bits per heavy atom. The van der Waals surface area contributed by atoms with Crippen LogP contribution in [-0.2, 0) is 20.9 Å². The molecule has 5 aromatic rings. The number of imide groups is 1. The van der Waals surface area contributed by atoms with Gasteiger partial charge in [0, 0.05) is 21.0 Å². The third-order valence-electron chi connectivity index (χ3n) is 9.94. The first kappa shape index (κ1) is 34.3. The number of Topliss-reactive ketones (excluding diaryl/α,β-unsaturated/α-hetero) is 1. The Morgan fingerprint density at radius 2 is 1.61 bits per heavy atom. The van der Waals surface area contributed by atoms with Gasteiger partial charge in [-0.25, -0.2) is 9.78 Å². The van der Waals surface area contributed by atoms with Crippen molar-refractivity contribution in [1.29, 1.82) is 0 Å². The molecule has 0 bridgehead atoms. The molecule has 4 atom stereocenters. The number of esters is 1. The SMILES string of the molecule is Cc1cc(Br)cc2c(C(=O)OC(C)C(=O)c3ccc(OCc4ccccc4)cc3)cc(-c3ccc(N4C(=O)C5CCC(C)CC5C4=O)cc3)nc12. The fourth-order valence-electron chi connectivity index (χ4n) is 7.17. The van der Waals surface area contributed by atoms with Gasteiger partial charge in [0.2, 0.25) is 17.6 Å². The molecule has 258 valence electrons. The molecule has 0 spiro atoms. The van der Waals surface area contributed by atoms with Crippen LogP contribution in [0, 0.1) is 24.7 Å². The van der Waals surface area contributed by atoms with Gasteiger partial charge in [0.1, 0.15) is 12.4 Å². The molecule has 0 radical (unpaired) electrons. The molecule has 1 saturated heterocycles. The highest BCUT2D eigenvalue weighted by Gasteiger charge is 2.50. The van der Waals surface area contributed by atoms with Crippen LogP contribution in [0.25, 0.3) is 22.2 Å². The van der Waals surface area contributed by atoms with Crippen LogP contribution < -0.4 is 9.64 Å². The fraction of sp³-hybridized carbons (Fsp3) is 0.262. The van der Waals surface area contributed by atoms with Gasteiger partial charge in [-0.15, -0.1) is 0 Å². The normalized spacial score (nSPS) is 19.1. The summed E-state index contributed by atoms with van der Waals surface area (Å²) >= 11 is 3.54. The molecule has 2 aliphatic rings. The van der Waals surface area contributed by atoms with Gasteiger partial charge in [0.15, 0.2) is 6.10 Å². The van der Waals surface area contributed by atoms with E-state index in [0.717, 1.165) is 34.9 Å². The number of nitrogens with zero attached hydrogens (tertiary/aromatic N) is 2. The summed E-state index contributed by atoms with van der Waals surface area (Å²) in [6.07, 6.45) is 1.36. The van der Waals surface area contributed by atoms with Crippen molar-refractivity contribution in [2.24, 2.45) is 17.8 Å². The van der Waals surface area contributed by atoms with Gasteiger partial charge >= 0.3 is 5.97 Å². The molecule has 0 N–H and O–H groups in total. The number of ether oxygens (including phenoxy) is 2. The van der Waals surface area contributed by atoms with Crippen LogP contribution >= 0.6 is 15.9 Å². The Balaban J connectivity index is 1.11. The lowest BCUT2D eigenvalue weighted by molar-refractivity contribution is -0.122. The van der Waals surface area contributed by atoms with Crippen molar-refractivity contribution >= 4 is 56.1 Å². The number of hydrogen-bond donors (Lipinski definition) is 0. The van der Waals surface area contributed by atoms with Gasteiger partial charge in [-0.05, 0) is 105 Å². The summed E-state index contributed by atoms with van der Waals surface area (Å²) in [6.45, 7) is 6.00. The van der Waals surface area contributed by atoms with E-state index in [0.29, 0.717) is 51.7 Å². The van der Waals surface area contributed by atoms with Gasteiger partial charge in [-0.2, -0.15) is 0 Å². The van der Waals surface area contributed by atoms with Crippen molar-refractivity contribution in [1.82, 2.24) is 4.98 Å². The summed E-state index contributed by atoms with van der Waals surface area (Å²) in [5.41, 5.74) is 4.88. The first-order valence-corrected chi connectivity index (χ1v) is 18.0. The fourth-order valence-corrected chi connectivity index (χ4v) is 7.74. The van der Waals surface area contributed by atoms with Crippen LogP contribution in [0.4, 0.5) is 5.69 Å². The number of anilines is 1. The summed E-state index contributed by atoms with van der Waals surface area (Å²) in [7, 11) is 0. The highest BCUT2D eigenvalue weighted by atomic mass is 79.9. The van der Waals surface area contributed by atoms with E-state index in [1.165, 1.54) is 4.90 Å². The van der Waals surface area contributed by atoms with E-state index < -0.39 is 12.1 Å². The summed E-state index contributed by atoms with van der Waals surface area (Å²) < 4.78 is 12.4. The van der Waals surface area contributed by atoms with E-state index in [4.69, 9.17) is 14.5 Å². The van der Waals surface area contributed by atoms with Crippen molar-refractivity contribution in [3.8, 4) is 17.0 Å². The lowest BCUT2D eigenvalue weighted by Gasteiger charge is -2.25. The van der Waals surface area contributed by atoms with Crippen LogP contribution in [0.3, 0.4) is 0 Å². The lowest BCUT2D eigenvalue weighted by atomic mass is 9.76. The predicted molar refractivity (Wildman–Crippen MR) is 199 cm³/mol. The number of amides is 2. The number of ketones is 1. The van der Waals surface area contributed by atoms with E-state index in [1.54, 1.807) is 61.5 Å². The zero-order valence-electron chi connectivity index (χ0n) is 28.6. The molecule has 1 saturated carbocycles. The number of halogens is 1. The number of benzene rings is 4. The Morgan fingerprint density at radius 1 is 0.902 bits per heavy atom. The Hall–Kier alpha value is -5.15. The summed E-state index contributed by atoms with van der Waals surface area (Å²) in [4.78, 5) is 60.0. The average Bonchev–Trinajstić information content (AvgIpc) is 3.38. The van der Waals surface area contributed by atoms with Gasteiger partial charge in [0.05, 0.1) is 34.3 Å². The van der Waals surface area contributed by atoms with Crippen LogP contribution in [0.15, 0.2) is 102 Å². The van der Waals surface area contributed by atoms with Gasteiger partial charge < -0.3 is 9.47 Å². The first-order chi connectivity index (χ1) is 24.6.